The predicted molar refractivity (Wildman–Crippen MR) is 74.8 cm³/mol. The molecule has 1 aliphatic rings. The van der Waals surface area contributed by atoms with E-state index < -0.39 is 11.5 Å². The molecule has 1 aliphatic carbocycles. The van der Waals surface area contributed by atoms with Crippen LogP contribution >= 0.6 is 0 Å². The molecule has 0 aliphatic heterocycles. The van der Waals surface area contributed by atoms with Crippen molar-refractivity contribution >= 4 is 11.9 Å². The van der Waals surface area contributed by atoms with E-state index >= 15 is 0 Å². The number of hydrogen-bond donors (Lipinski definition) is 2. The largest absolute Gasteiger partial charge is 0.480 e. The van der Waals surface area contributed by atoms with Crippen molar-refractivity contribution in [2.45, 2.75) is 71.8 Å². The van der Waals surface area contributed by atoms with Crippen LogP contribution in [0.15, 0.2) is 0 Å². The quantitative estimate of drug-likeness (QED) is 0.824. The normalized spacial score (nSPS) is 27.9. The Morgan fingerprint density at radius 1 is 1.26 bits per heavy atom. The third-order valence-corrected chi connectivity index (χ3v) is 4.02. The van der Waals surface area contributed by atoms with E-state index in [4.69, 9.17) is 0 Å². The van der Waals surface area contributed by atoms with E-state index in [0.717, 1.165) is 19.3 Å². The number of carboxylic acids is 1. The van der Waals surface area contributed by atoms with E-state index in [9.17, 15) is 14.7 Å². The summed E-state index contributed by atoms with van der Waals surface area (Å²) in [6.45, 7) is 8.08. The molecule has 0 atom stereocenters. The Bertz CT molecular complexity index is 336. The van der Waals surface area contributed by atoms with Gasteiger partial charge in [0.25, 0.3) is 0 Å². The highest BCUT2D eigenvalue weighted by atomic mass is 16.4. The van der Waals surface area contributed by atoms with Gasteiger partial charge in [0.2, 0.25) is 5.91 Å². The second-order valence-corrected chi connectivity index (χ2v) is 7.02. The molecule has 4 nitrogen and oxygen atoms in total. The number of hydrogen-bond acceptors (Lipinski definition) is 2. The predicted octanol–water partition coefficient (Wildman–Crippen LogP) is 2.96. The third-order valence-electron chi connectivity index (χ3n) is 4.02. The lowest BCUT2D eigenvalue weighted by Gasteiger charge is -2.37. The summed E-state index contributed by atoms with van der Waals surface area (Å²) in [5.74, 6) is -0.429. The van der Waals surface area contributed by atoms with Crippen molar-refractivity contribution in [2.75, 3.05) is 0 Å². The van der Waals surface area contributed by atoms with Crippen LogP contribution in [0, 0.1) is 11.3 Å². The Morgan fingerprint density at radius 3 is 2.16 bits per heavy atom. The fourth-order valence-electron chi connectivity index (χ4n) is 2.76. The zero-order valence-corrected chi connectivity index (χ0v) is 12.6. The molecule has 0 spiro atoms. The maximum Gasteiger partial charge on any atom is 0.329 e. The van der Waals surface area contributed by atoms with Crippen LogP contribution in [0.3, 0.4) is 0 Å². The van der Waals surface area contributed by atoms with Crippen molar-refractivity contribution in [3.63, 3.8) is 0 Å². The maximum absolute atomic E-state index is 12.0. The van der Waals surface area contributed by atoms with E-state index in [1.165, 1.54) is 0 Å². The van der Waals surface area contributed by atoms with Gasteiger partial charge in [-0.3, -0.25) is 4.79 Å². The summed E-state index contributed by atoms with van der Waals surface area (Å²) in [7, 11) is 0. The highest BCUT2D eigenvalue weighted by Crippen LogP contribution is 2.34. The summed E-state index contributed by atoms with van der Waals surface area (Å²) < 4.78 is 0. The smallest absolute Gasteiger partial charge is 0.329 e. The van der Waals surface area contributed by atoms with Crippen molar-refractivity contribution in [3.05, 3.63) is 0 Å². The fourth-order valence-corrected chi connectivity index (χ4v) is 2.76. The molecule has 0 aromatic rings. The van der Waals surface area contributed by atoms with E-state index in [0.29, 0.717) is 25.2 Å². The Labute approximate surface area is 116 Å². The molecule has 0 saturated heterocycles. The monoisotopic (exact) mass is 269 g/mol. The summed E-state index contributed by atoms with van der Waals surface area (Å²) in [5.41, 5.74) is -1.15. The minimum absolute atomic E-state index is 0.121. The Hall–Kier alpha value is -1.06. The molecule has 1 fully saturated rings. The molecular weight excluding hydrogens is 242 g/mol. The molecule has 1 rings (SSSR count). The summed E-state index contributed by atoms with van der Waals surface area (Å²) >= 11 is 0. The molecule has 2 N–H and O–H groups in total. The van der Waals surface area contributed by atoms with Gasteiger partial charge in [-0.1, -0.05) is 34.1 Å². The second kappa shape index (κ2) is 5.93. The highest BCUT2D eigenvalue weighted by molar-refractivity contribution is 5.87. The van der Waals surface area contributed by atoms with Crippen LogP contribution in [0.5, 0.6) is 0 Å². The summed E-state index contributed by atoms with van der Waals surface area (Å²) in [6.07, 6.45) is 4.33. The SMILES string of the molecule is CCC1CCC(NC(=O)CC(C)(C)C)(C(=O)O)CC1. The summed E-state index contributed by atoms with van der Waals surface area (Å²) in [6, 6.07) is 0. The van der Waals surface area contributed by atoms with Gasteiger partial charge in [-0.2, -0.15) is 0 Å². The zero-order valence-electron chi connectivity index (χ0n) is 12.6. The van der Waals surface area contributed by atoms with Gasteiger partial charge < -0.3 is 10.4 Å². The minimum atomic E-state index is -1.03. The lowest BCUT2D eigenvalue weighted by molar-refractivity contribution is -0.150. The van der Waals surface area contributed by atoms with Crippen LogP contribution in [-0.2, 0) is 9.59 Å². The molecule has 0 aromatic carbocycles. The van der Waals surface area contributed by atoms with Crippen molar-refractivity contribution in [1.82, 2.24) is 5.32 Å². The Balaban J connectivity index is 2.69. The van der Waals surface area contributed by atoms with Gasteiger partial charge in [0.1, 0.15) is 5.54 Å². The molecule has 4 heteroatoms. The number of carboxylic acid groups (broad SMARTS) is 1. The number of nitrogens with one attached hydrogen (secondary N) is 1. The lowest BCUT2D eigenvalue weighted by atomic mass is 9.75. The number of carbonyl (C=O) groups excluding carboxylic acids is 1. The molecule has 0 unspecified atom stereocenters. The first-order valence-corrected chi connectivity index (χ1v) is 7.23. The van der Waals surface area contributed by atoms with Gasteiger partial charge in [-0.25, -0.2) is 4.79 Å². The number of aliphatic carboxylic acids is 1. The number of rotatable bonds is 4. The topological polar surface area (TPSA) is 66.4 Å². The van der Waals surface area contributed by atoms with Gasteiger partial charge in [-0.15, -0.1) is 0 Å². The van der Waals surface area contributed by atoms with E-state index in [1.807, 2.05) is 20.8 Å². The van der Waals surface area contributed by atoms with Crippen LogP contribution in [0.25, 0.3) is 0 Å². The molecule has 0 aromatic heterocycles. The summed E-state index contributed by atoms with van der Waals surface area (Å²) in [4.78, 5) is 23.6. The zero-order chi connectivity index (χ0) is 14.7. The van der Waals surface area contributed by atoms with Gasteiger partial charge in [0, 0.05) is 6.42 Å². The van der Waals surface area contributed by atoms with Crippen molar-refractivity contribution in [1.29, 1.82) is 0 Å². The van der Waals surface area contributed by atoms with Gasteiger partial charge in [0.05, 0.1) is 0 Å². The molecule has 110 valence electrons. The molecule has 0 radical (unpaired) electrons. The molecular formula is C15H27NO3. The van der Waals surface area contributed by atoms with Crippen LogP contribution in [0.2, 0.25) is 0 Å². The minimum Gasteiger partial charge on any atom is -0.480 e. The van der Waals surface area contributed by atoms with Crippen molar-refractivity contribution in [2.24, 2.45) is 11.3 Å². The molecule has 1 saturated carbocycles. The van der Waals surface area contributed by atoms with Crippen molar-refractivity contribution < 1.29 is 14.7 Å². The maximum atomic E-state index is 12.0. The Kier molecular flexibility index (Phi) is 4.99. The molecule has 0 bridgehead atoms. The van der Waals surface area contributed by atoms with E-state index in [2.05, 4.69) is 12.2 Å². The third kappa shape index (κ3) is 4.51. The summed E-state index contributed by atoms with van der Waals surface area (Å²) in [5, 5.41) is 12.3. The van der Waals surface area contributed by atoms with Gasteiger partial charge >= 0.3 is 5.97 Å². The molecule has 1 amide bonds. The first kappa shape index (κ1) is 16.0. The first-order chi connectivity index (χ1) is 8.68. The van der Waals surface area contributed by atoms with E-state index in [1.54, 1.807) is 0 Å². The van der Waals surface area contributed by atoms with Crippen LogP contribution in [0.1, 0.15) is 66.2 Å². The number of amides is 1. The van der Waals surface area contributed by atoms with E-state index in [-0.39, 0.29) is 11.3 Å². The first-order valence-electron chi connectivity index (χ1n) is 7.23. The van der Waals surface area contributed by atoms with Crippen molar-refractivity contribution in [3.8, 4) is 0 Å². The van der Waals surface area contributed by atoms with Gasteiger partial charge in [-0.05, 0) is 37.0 Å². The second-order valence-electron chi connectivity index (χ2n) is 7.02. The molecule has 19 heavy (non-hydrogen) atoms. The molecule has 0 heterocycles. The standard InChI is InChI=1S/C15H27NO3/c1-5-11-6-8-15(9-7-11,13(18)19)16-12(17)10-14(2,3)4/h11H,5-10H2,1-4H3,(H,16,17)(H,18,19). The number of carbonyl (C=O) groups is 2. The van der Waals surface area contributed by atoms with Gasteiger partial charge in [0.15, 0.2) is 0 Å². The fraction of sp³-hybridized carbons (Fsp3) is 0.867. The van der Waals surface area contributed by atoms with Crippen LogP contribution in [0.4, 0.5) is 0 Å². The lowest BCUT2D eigenvalue weighted by Crippen LogP contribution is -2.56. The highest BCUT2D eigenvalue weighted by Gasteiger charge is 2.43. The average molecular weight is 269 g/mol. The Morgan fingerprint density at radius 2 is 1.79 bits per heavy atom. The average Bonchev–Trinajstić information content (AvgIpc) is 2.27. The van der Waals surface area contributed by atoms with Crippen LogP contribution < -0.4 is 5.32 Å². The van der Waals surface area contributed by atoms with Crippen LogP contribution in [-0.4, -0.2) is 22.5 Å².